The zero-order valence-electron chi connectivity index (χ0n) is 13.7. The van der Waals surface area contributed by atoms with E-state index in [1.165, 1.54) is 0 Å². The Balaban J connectivity index is 1.61. The Morgan fingerprint density at radius 3 is 2.71 bits per heavy atom. The number of hydrogen-bond donors (Lipinski definition) is 2. The second kappa shape index (κ2) is 6.92. The zero-order chi connectivity index (χ0) is 17.0. The Bertz CT molecular complexity index is 736. The van der Waals surface area contributed by atoms with Crippen LogP contribution < -0.4 is 11.2 Å². The quantitative estimate of drug-likeness (QED) is 0.839. The van der Waals surface area contributed by atoms with E-state index in [9.17, 15) is 4.79 Å². The smallest absolute Gasteiger partial charge is 0.240 e. The molecule has 2 aromatic rings. The number of nitrogens with one attached hydrogen (secondary N) is 1. The lowest BCUT2D eigenvalue weighted by Gasteiger charge is -2.20. The number of amides is 1. The molecule has 0 fully saturated rings. The van der Waals surface area contributed by atoms with Gasteiger partial charge in [-0.25, -0.2) is 5.43 Å². The van der Waals surface area contributed by atoms with Crippen molar-refractivity contribution >= 4 is 11.6 Å². The number of carbonyl (C=O) groups is 1. The number of carbonyl (C=O) groups excluding carboxylic acids is 1. The normalized spacial score (nSPS) is 17.1. The molecular weight excluding hydrogens is 306 g/mol. The number of hydrazone groups is 1. The molecule has 1 atom stereocenters. The van der Waals surface area contributed by atoms with Crippen LogP contribution >= 0.6 is 0 Å². The average Bonchev–Trinajstić information content (AvgIpc) is 3.05. The van der Waals surface area contributed by atoms with Gasteiger partial charge in [-0.1, -0.05) is 30.3 Å². The van der Waals surface area contributed by atoms with E-state index in [4.69, 9.17) is 10.2 Å². The van der Waals surface area contributed by atoms with Crippen LogP contribution in [0.25, 0.3) is 0 Å². The molecule has 0 unspecified atom stereocenters. The molecular formula is C17H21N5O2. The standard InChI is InChI=1S/C17H21N5O2/c1-17(18,11-12-5-3-2-4-6-12)16-22-21-15(24-16)10-8-13-7-9-14(23)20-19-13/h2-6H,7-11,18H2,1H3,(H,20,23)/t17-/m1/s1. The van der Waals surface area contributed by atoms with Crippen molar-refractivity contribution in [3.8, 4) is 0 Å². The summed E-state index contributed by atoms with van der Waals surface area (Å²) in [6.07, 6.45) is 3.04. The highest BCUT2D eigenvalue weighted by Crippen LogP contribution is 2.22. The SMILES string of the molecule is C[C@@](N)(Cc1ccccc1)c1nnc(CCC2=NNC(=O)CC2)o1. The maximum atomic E-state index is 11.1. The van der Waals surface area contributed by atoms with Crippen molar-refractivity contribution in [1.29, 1.82) is 0 Å². The summed E-state index contributed by atoms with van der Waals surface area (Å²) in [5, 5.41) is 12.2. The minimum absolute atomic E-state index is 0.0429. The molecule has 0 aliphatic carbocycles. The van der Waals surface area contributed by atoms with Crippen LogP contribution in [0.2, 0.25) is 0 Å². The number of benzene rings is 1. The van der Waals surface area contributed by atoms with Crippen LogP contribution in [-0.4, -0.2) is 21.8 Å². The first kappa shape index (κ1) is 16.3. The molecule has 0 saturated carbocycles. The highest BCUT2D eigenvalue weighted by molar-refractivity contribution is 5.92. The Labute approximate surface area is 140 Å². The fraction of sp³-hybridized carbons (Fsp3) is 0.412. The van der Waals surface area contributed by atoms with Crippen LogP contribution in [-0.2, 0) is 23.2 Å². The largest absolute Gasteiger partial charge is 0.423 e. The fourth-order valence-electron chi connectivity index (χ4n) is 2.62. The molecule has 0 radical (unpaired) electrons. The molecule has 1 aliphatic rings. The molecule has 1 aromatic heterocycles. The molecule has 3 N–H and O–H groups in total. The number of aromatic nitrogens is 2. The van der Waals surface area contributed by atoms with Gasteiger partial charge >= 0.3 is 0 Å². The molecule has 24 heavy (non-hydrogen) atoms. The molecule has 0 spiro atoms. The lowest BCUT2D eigenvalue weighted by Crippen LogP contribution is -2.35. The summed E-state index contributed by atoms with van der Waals surface area (Å²) in [4.78, 5) is 11.1. The van der Waals surface area contributed by atoms with Gasteiger partial charge in [-0.2, -0.15) is 5.10 Å². The third kappa shape index (κ3) is 4.05. The number of hydrogen-bond acceptors (Lipinski definition) is 6. The van der Waals surface area contributed by atoms with Gasteiger partial charge in [0.15, 0.2) is 0 Å². The summed E-state index contributed by atoms with van der Waals surface area (Å²) in [5.41, 5.74) is 10.2. The first-order valence-corrected chi connectivity index (χ1v) is 8.03. The third-order valence-corrected chi connectivity index (χ3v) is 3.98. The molecule has 0 saturated heterocycles. The number of nitrogens with two attached hydrogens (primary N) is 1. The van der Waals surface area contributed by atoms with Gasteiger partial charge in [0.25, 0.3) is 0 Å². The molecule has 0 bridgehead atoms. The van der Waals surface area contributed by atoms with Gasteiger partial charge < -0.3 is 10.2 Å². The monoisotopic (exact) mass is 327 g/mol. The maximum Gasteiger partial charge on any atom is 0.240 e. The minimum atomic E-state index is -0.719. The number of aryl methyl sites for hydroxylation is 1. The summed E-state index contributed by atoms with van der Waals surface area (Å²) in [6, 6.07) is 9.98. The third-order valence-electron chi connectivity index (χ3n) is 3.98. The molecule has 1 aliphatic heterocycles. The fourth-order valence-corrected chi connectivity index (χ4v) is 2.62. The van der Waals surface area contributed by atoms with Crippen LogP contribution in [0.1, 0.15) is 43.5 Å². The molecule has 2 heterocycles. The average molecular weight is 327 g/mol. The summed E-state index contributed by atoms with van der Waals surface area (Å²) >= 11 is 0. The van der Waals surface area contributed by atoms with E-state index in [1.54, 1.807) is 0 Å². The first-order chi connectivity index (χ1) is 11.5. The Morgan fingerprint density at radius 1 is 1.21 bits per heavy atom. The van der Waals surface area contributed by atoms with Crippen molar-refractivity contribution in [3.05, 3.63) is 47.7 Å². The molecule has 1 amide bonds. The van der Waals surface area contributed by atoms with Crippen molar-refractivity contribution in [2.24, 2.45) is 10.8 Å². The van der Waals surface area contributed by atoms with Crippen molar-refractivity contribution in [1.82, 2.24) is 15.6 Å². The predicted octanol–water partition coefficient (Wildman–Crippen LogP) is 1.68. The second-order valence-electron chi connectivity index (χ2n) is 6.29. The zero-order valence-corrected chi connectivity index (χ0v) is 13.7. The van der Waals surface area contributed by atoms with E-state index in [2.05, 4.69) is 20.7 Å². The summed E-state index contributed by atoms with van der Waals surface area (Å²) in [6.45, 7) is 1.89. The van der Waals surface area contributed by atoms with Gasteiger partial charge in [0.2, 0.25) is 17.7 Å². The van der Waals surface area contributed by atoms with Gasteiger partial charge in [-0.3, -0.25) is 4.79 Å². The topological polar surface area (TPSA) is 106 Å². The lowest BCUT2D eigenvalue weighted by molar-refractivity contribution is -0.121. The minimum Gasteiger partial charge on any atom is -0.423 e. The van der Waals surface area contributed by atoms with Gasteiger partial charge in [-0.05, 0) is 31.7 Å². The highest BCUT2D eigenvalue weighted by atomic mass is 16.4. The van der Waals surface area contributed by atoms with Crippen molar-refractivity contribution in [2.45, 2.75) is 44.6 Å². The van der Waals surface area contributed by atoms with E-state index in [1.807, 2.05) is 37.3 Å². The molecule has 1 aromatic carbocycles. The van der Waals surface area contributed by atoms with Crippen molar-refractivity contribution in [2.75, 3.05) is 0 Å². The van der Waals surface area contributed by atoms with Crippen molar-refractivity contribution in [3.63, 3.8) is 0 Å². The van der Waals surface area contributed by atoms with E-state index in [-0.39, 0.29) is 5.91 Å². The van der Waals surface area contributed by atoms with Crippen LogP contribution in [0.5, 0.6) is 0 Å². The Kier molecular flexibility index (Phi) is 4.71. The first-order valence-electron chi connectivity index (χ1n) is 8.03. The lowest BCUT2D eigenvalue weighted by atomic mass is 9.94. The van der Waals surface area contributed by atoms with E-state index >= 15 is 0 Å². The highest BCUT2D eigenvalue weighted by Gasteiger charge is 2.28. The van der Waals surface area contributed by atoms with Crippen LogP contribution in [0, 0.1) is 0 Å². The van der Waals surface area contributed by atoms with Crippen LogP contribution in [0.3, 0.4) is 0 Å². The van der Waals surface area contributed by atoms with Crippen LogP contribution in [0.4, 0.5) is 0 Å². The maximum absolute atomic E-state index is 11.1. The Hall–Kier alpha value is -2.54. The summed E-state index contributed by atoms with van der Waals surface area (Å²) in [5.74, 6) is 0.924. The van der Waals surface area contributed by atoms with Crippen LogP contribution in [0.15, 0.2) is 39.9 Å². The van der Waals surface area contributed by atoms with E-state index in [0.29, 0.717) is 43.9 Å². The molecule has 7 heteroatoms. The summed E-state index contributed by atoms with van der Waals surface area (Å²) < 4.78 is 5.74. The van der Waals surface area contributed by atoms with E-state index in [0.717, 1.165) is 11.3 Å². The van der Waals surface area contributed by atoms with E-state index < -0.39 is 5.54 Å². The van der Waals surface area contributed by atoms with Gasteiger partial charge in [0, 0.05) is 18.6 Å². The van der Waals surface area contributed by atoms with Gasteiger partial charge in [0.1, 0.15) is 0 Å². The van der Waals surface area contributed by atoms with Gasteiger partial charge in [-0.15, -0.1) is 10.2 Å². The molecule has 7 nitrogen and oxygen atoms in total. The predicted molar refractivity (Wildman–Crippen MR) is 89.1 cm³/mol. The number of nitrogens with zero attached hydrogens (tertiary/aromatic N) is 3. The van der Waals surface area contributed by atoms with Crippen molar-refractivity contribution < 1.29 is 9.21 Å². The molecule has 3 rings (SSSR count). The molecule has 126 valence electrons. The number of rotatable bonds is 6. The second-order valence-corrected chi connectivity index (χ2v) is 6.29. The Morgan fingerprint density at radius 2 is 2.00 bits per heavy atom. The van der Waals surface area contributed by atoms with Gasteiger partial charge in [0.05, 0.1) is 5.54 Å². The summed E-state index contributed by atoms with van der Waals surface area (Å²) in [7, 11) is 0.